The van der Waals surface area contributed by atoms with Crippen LogP contribution in [0.3, 0.4) is 0 Å². The lowest BCUT2D eigenvalue weighted by atomic mass is 10.0. The van der Waals surface area contributed by atoms with Crippen LogP contribution in [0.25, 0.3) is 0 Å². The van der Waals surface area contributed by atoms with Gasteiger partial charge in [-0.1, -0.05) is 6.07 Å². The number of urea groups is 1. The van der Waals surface area contributed by atoms with Gasteiger partial charge in [-0.3, -0.25) is 9.97 Å². The SMILES string of the molecule is O=C(Nc1cnc2c(c1)COCC2)N[C@@H]1CCO[C@H]1c1cccnc1. The van der Waals surface area contributed by atoms with E-state index in [0.29, 0.717) is 25.5 Å². The molecule has 0 spiro atoms. The largest absolute Gasteiger partial charge is 0.376 e. The molecule has 0 unspecified atom stereocenters. The number of carbonyl (C=O) groups excluding carboxylic acids is 1. The van der Waals surface area contributed by atoms with Gasteiger partial charge in [0, 0.05) is 42.2 Å². The summed E-state index contributed by atoms with van der Waals surface area (Å²) < 4.78 is 11.2. The lowest BCUT2D eigenvalue weighted by Crippen LogP contribution is -2.39. The third-order valence-corrected chi connectivity index (χ3v) is 4.48. The number of pyridine rings is 2. The van der Waals surface area contributed by atoms with Crippen LogP contribution in [0.5, 0.6) is 0 Å². The van der Waals surface area contributed by atoms with Crippen molar-refractivity contribution < 1.29 is 14.3 Å². The van der Waals surface area contributed by atoms with Gasteiger partial charge in [-0.15, -0.1) is 0 Å². The van der Waals surface area contributed by atoms with E-state index in [4.69, 9.17) is 9.47 Å². The molecule has 2 N–H and O–H groups in total. The van der Waals surface area contributed by atoms with Crippen molar-refractivity contribution in [2.24, 2.45) is 0 Å². The summed E-state index contributed by atoms with van der Waals surface area (Å²) in [5.41, 5.74) is 3.70. The Hall–Kier alpha value is -2.51. The Bertz CT molecular complexity index is 753. The number of rotatable bonds is 3. The molecule has 1 saturated heterocycles. The fraction of sp³-hybridized carbons (Fsp3) is 0.389. The van der Waals surface area contributed by atoms with Crippen LogP contribution in [-0.2, 0) is 22.5 Å². The summed E-state index contributed by atoms with van der Waals surface area (Å²) in [7, 11) is 0. The molecule has 0 bridgehead atoms. The molecule has 2 aromatic rings. The Morgan fingerprint density at radius 2 is 2.24 bits per heavy atom. The maximum atomic E-state index is 12.4. The number of aromatic nitrogens is 2. The van der Waals surface area contributed by atoms with Crippen LogP contribution in [0.2, 0.25) is 0 Å². The molecule has 2 aliphatic heterocycles. The molecule has 0 saturated carbocycles. The summed E-state index contributed by atoms with van der Waals surface area (Å²) in [6.45, 7) is 1.85. The average Bonchev–Trinajstić information content (AvgIpc) is 3.10. The summed E-state index contributed by atoms with van der Waals surface area (Å²) in [5.74, 6) is 0. The third-order valence-electron chi connectivity index (χ3n) is 4.48. The normalized spacial score (nSPS) is 22.2. The van der Waals surface area contributed by atoms with Gasteiger partial charge in [0.15, 0.2) is 0 Å². The van der Waals surface area contributed by atoms with Crippen molar-refractivity contribution >= 4 is 11.7 Å². The molecular formula is C18H20N4O3. The van der Waals surface area contributed by atoms with Gasteiger partial charge in [-0.25, -0.2) is 4.79 Å². The van der Waals surface area contributed by atoms with Gasteiger partial charge in [0.05, 0.1) is 31.1 Å². The Labute approximate surface area is 145 Å². The summed E-state index contributed by atoms with van der Waals surface area (Å²) in [6.07, 6.45) is 6.59. The van der Waals surface area contributed by atoms with Crippen molar-refractivity contribution in [3.8, 4) is 0 Å². The lowest BCUT2D eigenvalue weighted by molar-refractivity contribution is 0.100. The van der Waals surface area contributed by atoms with Crippen LogP contribution in [0.4, 0.5) is 10.5 Å². The fourth-order valence-corrected chi connectivity index (χ4v) is 3.25. The van der Waals surface area contributed by atoms with Crippen molar-refractivity contribution in [2.75, 3.05) is 18.5 Å². The molecule has 2 aliphatic rings. The molecular weight excluding hydrogens is 320 g/mol. The molecule has 1 fully saturated rings. The molecule has 2 atom stereocenters. The molecule has 4 rings (SSSR count). The van der Waals surface area contributed by atoms with Gasteiger partial charge in [0.2, 0.25) is 0 Å². The first-order valence-electron chi connectivity index (χ1n) is 8.44. The summed E-state index contributed by atoms with van der Waals surface area (Å²) in [6, 6.07) is 5.41. The first-order valence-corrected chi connectivity index (χ1v) is 8.44. The van der Waals surface area contributed by atoms with Crippen molar-refractivity contribution in [1.29, 1.82) is 0 Å². The number of anilines is 1. The van der Waals surface area contributed by atoms with Crippen LogP contribution < -0.4 is 10.6 Å². The van der Waals surface area contributed by atoms with E-state index in [1.54, 1.807) is 18.6 Å². The molecule has 7 nitrogen and oxygen atoms in total. The number of nitrogens with one attached hydrogen (secondary N) is 2. The van der Waals surface area contributed by atoms with E-state index >= 15 is 0 Å². The summed E-state index contributed by atoms with van der Waals surface area (Å²) in [5, 5.41) is 5.85. The number of ether oxygens (including phenoxy) is 2. The molecule has 130 valence electrons. The molecule has 0 radical (unpaired) electrons. The molecule has 4 heterocycles. The van der Waals surface area contributed by atoms with Crippen molar-refractivity contribution in [3.63, 3.8) is 0 Å². The van der Waals surface area contributed by atoms with Crippen molar-refractivity contribution in [2.45, 2.75) is 31.6 Å². The van der Waals surface area contributed by atoms with Crippen molar-refractivity contribution in [3.05, 3.63) is 53.6 Å². The van der Waals surface area contributed by atoms with Gasteiger partial charge < -0.3 is 20.1 Å². The van der Waals surface area contributed by atoms with Crippen LogP contribution in [-0.4, -0.2) is 35.3 Å². The van der Waals surface area contributed by atoms with Gasteiger partial charge in [0.25, 0.3) is 0 Å². The highest BCUT2D eigenvalue weighted by atomic mass is 16.5. The van der Waals surface area contributed by atoms with Gasteiger partial charge in [-0.05, 0) is 18.6 Å². The third kappa shape index (κ3) is 3.62. The number of fused-ring (bicyclic) bond motifs is 1. The van der Waals surface area contributed by atoms with E-state index in [1.165, 1.54) is 0 Å². The molecule has 0 aliphatic carbocycles. The minimum absolute atomic E-state index is 0.0851. The minimum atomic E-state index is -0.261. The van der Waals surface area contributed by atoms with Gasteiger partial charge in [0.1, 0.15) is 6.10 Å². The van der Waals surface area contributed by atoms with E-state index in [2.05, 4.69) is 20.6 Å². The highest BCUT2D eigenvalue weighted by Gasteiger charge is 2.31. The first kappa shape index (κ1) is 16.0. The first-order chi connectivity index (χ1) is 12.3. The van der Waals surface area contributed by atoms with E-state index in [1.807, 2.05) is 18.2 Å². The van der Waals surface area contributed by atoms with E-state index in [0.717, 1.165) is 29.7 Å². The van der Waals surface area contributed by atoms with E-state index in [-0.39, 0.29) is 18.2 Å². The zero-order valence-corrected chi connectivity index (χ0v) is 13.8. The highest BCUT2D eigenvalue weighted by molar-refractivity contribution is 5.89. The summed E-state index contributed by atoms with van der Waals surface area (Å²) >= 11 is 0. The molecule has 2 aromatic heterocycles. The molecule has 0 aromatic carbocycles. The second kappa shape index (κ2) is 7.16. The smallest absolute Gasteiger partial charge is 0.319 e. The Kier molecular flexibility index (Phi) is 4.58. The predicted octanol–water partition coefficient (Wildman–Crippen LogP) is 2.20. The standard InChI is InChI=1S/C18H20N4O3/c23-18(21-14-8-13-11-24-6-3-15(13)20-10-14)22-16-4-7-25-17(16)12-2-1-5-19-9-12/h1-2,5,8-10,16-17H,3-4,6-7,11H2,(H2,21,22,23)/t16-,17+/m1/s1. The van der Waals surface area contributed by atoms with Crippen LogP contribution in [0.1, 0.15) is 29.3 Å². The zero-order valence-electron chi connectivity index (χ0n) is 13.8. The molecule has 25 heavy (non-hydrogen) atoms. The van der Waals surface area contributed by atoms with Crippen LogP contribution >= 0.6 is 0 Å². The number of amides is 2. The minimum Gasteiger partial charge on any atom is -0.376 e. The Morgan fingerprint density at radius 3 is 3.12 bits per heavy atom. The zero-order chi connectivity index (χ0) is 17.1. The number of carbonyl (C=O) groups is 1. The maximum Gasteiger partial charge on any atom is 0.319 e. The van der Waals surface area contributed by atoms with Crippen LogP contribution in [0, 0.1) is 0 Å². The maximum absolute atomic E-state index is 12.4. The van der Waals surface area contributed by atoms with Gasteiger partial charge >= 0.3 is 6.03 Å². The monoisotopic (exact) mass is 340 g/mol. The lowest BCUT2D eigenvalue weighted by Gasteiger charge is -2.21. The Morgan fingerprint density at radius 1 is 1.28 bits per heavy atom. The Balaban J connectivity index is 1.40. The molecule has 7 heteroatoms. The topological polar surface area (TPSA) is 85.4 Å². The molecule has 2 amide bonds. The number of hydrogen-bond donors (Lipinski definition) is 2. The number of nitrogens with zero attached hydrogens (tertiary/aromatic N) is 2. The summed E-state index contributed by atoms with van der Waals surface area (Å²) in [4.78, 5) is 20.9. The fourth-order valence-electron chi connectivity index (χ4n) is 3.25. The van der Waals surface area contributed by atoms with Crippen LogP contribution in [0.15, 0.2) is 36.8 Å². The second-order valence-corrected chi connectivity index (χ2v) is 6.20. The highest BCUT2D eigenvalue weighted by Crippen LogP contribution is 2.28. The van der Waals surface area contributed by atoms with Gasteiger partial charge in [-0.2, -0.15) is 0 Å². The van der Waals surface area contributed by atoms with E-state index in [9.17, 15) is 4.79 Å². The van der Waals surface area contributed by atoms with Crippen molar-refractivity contribution in [1.82, 2.24) is 15.3 Å². The second-order valence-electron chi connectivity index (χ2n) is 6.20. The number of hydrogen-bond acceptors (Lipinski definition) is 5. The van der Waals surface area contributed by atoms with E-state index < -0.39 is 0 Å². The quantitative estimate of drug-likeness (QED) is 0.895. The average molecular weight is 340 g/mol. The predicted molar refractivity (Wildman–Crippen MR) is 91.1 cm³/mol.